The normalized spacial score (nSPS) is 23.0. The Morgan fingerprint density at radius 1 is 1.50 bits per heavy atom. The van der Waals surface area contributed by atoms with Crippen molar-refractivity contribution in [3.8, 4) is 0 Å². The van der Waals surface area contributed by atoms with Gasteiger partial charge in [-0.3, -0.25) is 10.2 Å². The average Bonchev–Trinajstić information content (AvgIpc) is 2.86. The lowest BCUT2D eigenvalue weighted by atomic mass is 10.2. The number of nitrogens with two attached hydrogens (primary N) is 1. The third kappa shape index (κ3) is 3.25. The largest absolute Gasteiger partial charge is 0.364 e. The predicted molar refractivity (Wildman–Crippen MR) is 72.1 cm³/mol. The van der Waals surface area contributed by atoms with Gasteiger partial charge in [-0.2, -0.15) is 0 Å². The Balaban J connectivity index is 1.82. The van der Waals surface area contributed by atoms with Crippen molar-refractivity contribution in [3.63, 3.8) is 0 Å². The summed E-state index contributed by atoms with van der Waals surface area (Å²) < 4.78 is 5.66. The number of aryl methyl sites for hydroxylation is 1. The fourth-order valence-corrected chi connectivity index (χ4v) is 3.10. The molecule has 18 heavy (non-hydrogen) atoms. The van der Waals surface area contributed by atoms with Crippen LogP contribution in [0, 0.1) is 6.92 Å². The van der Waals surface area contributed by atoms with Crippen LogP contribution in [0.15, 0.2) is 29.2 Å². The number of nitrogens with one attached hydrogen (secondary N) is 1. The first-order valence-electron chi connectivity index (χ1n) is 6.05. The molecular formula is C13H18N2O2S. The molecule has 98 valence electrons. The molecule has 5 heteroatoms. The van der Waals surface area contributed by atoms with Gasteiger partial charge in [0.25, 0.3) is 5.91 Å². The number of amides is 1. The average molecular weight is 266 g/mol. The Morgan fingerprint density at radius 2 is 2.28 bits per heavy atom. The summed E-state index contributed by atoms with van der Waals surface area (Å²) in [5, 5.41) is 0. The highest BCUT2D eigenvalue weighted by Gasteiger charge is 2.30. The molecule has 0 saturated carbocycles. The minimum absolute atomic E-state index is 0.136. The summed E-state index contributed by atoms with van der Waals surface area (Å²) in [7, 11) is 0. The Bertz CT molecular complexity index is 425. The van der Waals surface area contributed by atoms with Crippen molar-refractivity contribution < 1.29 is 9.53 Å². The Kier molecular flexibility index (Phi) is 4.63. The van der Waals surface area contributed by atoms with E-state index in [1.807, 2.05) is 12.1 Å². The number of hydrazine groups is 1. The van der Waals surface area contributed by atoms with Crippen LogP contribution in [0.3, 0.4) is 0 Å². The fourth-order valence-electron chi connectivity index (χ4n) is 2.02. The molecule has 3 N–H and O–H groups in total. The molecule has 1 aromatic rings. The van der Waals surface area contributed by atoms with E-state index in [1.54, 1.807) is 11.8 Å². The van der Waals surface area contributed by atoms with E-state index in [0.717, 1.165) is 18.6 Å². The van der Waals surface area contributed by atoms with Gasteiger partial charge in [0, 0.05) is 10.6 Å². The van der Waals surface area contributed by atoms with Crippen LogP contribution in [0.4, 0.5) is 0 Å². The van der Waals surface area contributed by atoms with Crippen molar-refractivity contribution in [2.75, 3.05) is 5.75 Å². The van der Waals surface area contributed by atoms with E-state index in [1.165, 1.54) is 10.5 Å². The lowest BCUT2D eigenvalue weighted by Crippen LogP contribution is -2.39. The van der Waals surface area contributed by atoms with Gasteiger partial charge >= 0.3 is 0 Å². The second-order valence-corrected chi connectivity index (χ2v) is 5.47. The second kappa shape index (κ2) is 6.22. The van der Waals surface area contributed by atoms with Gasteiger partial charge in [0.15, 0.2) is 0 Å². The highest BCUT2D eigenvalue weighted by molar-refractivity contribution is 7.99. The van der Waals surface area contributed by atoms with E-state index in [0.29, 0.717) is 0 Å². The summed E-state index contributed by atoms with van der Waals surface area (Å²) in [6.07, 6.45) is 1.42. The summed E-state index contributed by atoms with van der Waals surface area (Å²) >= 11 is 1.78. The molecule has 0 spiro atoms. The highest BCUT2D eigenvalue weighted by Crippen LogP contribution is 2.28. The zero-order valence-electron chi connectivity index (χ0n) is 10.4. The van der Waals surface area contributed by atoms with Crippen LogP contribution in [-0.2, 0) is 9.53 Å². The van der Waals surface area contributed by atoms with E-state index in [2.05, 4.69) is 24.5 Å². The topological polar surface area (TPSA) is 64.4 Å². The van der Waals surface area contributed by atoms with Crippen LogP contribution in [-0.4, -0.2) is 23.9 Å². The Hall–Kier alpha value is -1.04. The van der Waals surface area contributed by atoms with Crippen molar-refractivity contribution in [1.82, 2.24) is 5.43 Å². The third-order valence-corrected chi connectivity index (χ3v) is 4.37. The van der Waals surface area contributed by atoms with Gasteiger partial charge in [-0.1, -0.05) is 18.2 Å². The Labute approximate surface area is 111 Å². The minimum Gasteiger partial charge on any atom is -0.364 e. The van der Waals surface area contributed by atoms with Gasteiger partial charge in [0.1, 0.15) is 6.10 Å². The molecular weight excluding hydrogens is 248 g/mol. The molecule has 2 rings (SSSR count). The van der Waals surface area contributed by atoms with E-state index in [4.69, 9.17) is 10.6 Å². The number of hydrogen-bond acceptors (Lipinski definition) is 4. The summed E-state index contributed by atoms with van der Waals surface area (Å²) in [5.74, 6) is 5.75. The van der Waals surface area contributed by atoms with Crippen LogP contribution in [0.1, 0.15) is 18.4 Å². The van der Waals surface area contributed by atoms with Gasteiger partial charge < -0.3 is 4.74 Å². The number of hydrogen-bond donors (Lipinski definition) is 2. The number of thioether (sulfide) groups is 1. The molecule has 2 unspecified atom stereocenters. The quantitative estimate of drug-likeness (QED) is 0.376. The maximum atomic E-state index is 11.3. The van der Waals surface area contributed by atoms with Crippen molar-refractivity contribution in [2.24, 2.45) is 5.84 Å². The monoisotopic (exact) mass is 266 g/mol. The first kappa shape index (κ1) is 13.4. The SMILES string of the molecule is Cc1ccccc1SCC1CCC(C(=O)NN)O1. The molecule has 1 amide bonds. The molecule has 1 heterocycles. The predicted octanol–water partition coefficient (Wildman–Crippen LogP) is 1.62. The van der Waals surface area contributed by atoms with Gasteiger partial charge in [-0.25, -0.2) is 5.84 Å². The maximum Gasteiger partial charge on any atom is 0.263 e. The molecule has 0 radical (unpaired) electrons. The molecule has 2 atom stereocenters. The zero-order chi connectivity index (χ0) is 13.0. The summed E-state index contributed by atoms with van der Waals surface area (Å²) in [6, 6.07) is 8.28. The summed E-state index contributed by atoms with van der Waals surface area (Å²) in [5.41, 5.74) is 3.41. The molecule has 1 fully saturated rings. The van der Waals surface area contributed by atoms with Gasteiger partial charge in [0.05, 0.1) is 6.10 Å². The number of rotatable bonds is 4. The molecule has 0 bridgehead atoms. The molecule has 1 aliphatic rings. The third-order valence-electron chi connectivity index (χ3n) is 3.06. The zero-order valence-corrected chi connectivity index (χ0v) is 11.2. The summed E-state index contributed by atoms with van der Waals surface area (Å²) in [4.78, 5) is 12.6. The van der Waals surface area contributed by atoms with Crippen LogP contribution < -0.4 is 11.3 Å². The highest BCUT2D eigenvalue weighted by atomic mass is 32.2. The van der Waals surface area contributed by atoms with Gasteiger partial charge in [-0.15, -0.1) is 11.8 Å². The molecule has 4 nitrogen and oxygen atoms in total. The number of ether oxygens (including phenoxy) is 1. The molecule has 1 aliphatic heterocycles. The standard InChI is InChI=1S/C13H18N2O2S/c1-9-4-2-3-5-12(9)18-8-10-6-7-11(17-10)13(16)15-14/h2-5,10-11H,6-8,14H2,1H3,(H,15,16). The van der Waals surface area contributed by atoms with E-state index in [9.17, 15) is 4.79 Å². The van der Waals surface area contributed by atoms with Crippen LogP contribution in [0.25, 0.3) is 0 Å². The van der Waals surface area contributed by atoms with Crippen molar-refractivity contribution >= 4 is 17.7 Å². The van der Waals surface area contributed by atoms with E-state index < -0.39 is 0 Å². The molecule has 0 aromatic heterocycles. The first-order chi connectivity index (χ1) is 8.70. The number of carbonyl (C=O) groups is 1. The lowest BCUT2D eigenvalue weighted by molar-refractivity contribution is -0.131. The molecule has 0 aliphatic carbocycles. The fraction of sp³-hybridized carbons (Fsp3) is 0.462. The maximum absolute atomic E-state index is 11.3. The van der Waals surface area contributed by atoms with Crippen LogP contribution >= 0.6 is 11.8 Å². The molecule has 1 saturated heterocycles. The molecule has 1 aromatic carbocycles. The smallest absolute Gasteiger partial charge is 0.263 e. The number of carbonyl (C=O) groups excluding carboxylic acids is 1. The number of benzene rings is 1. The van der Waals surface area contributed by atoms with Crippen molar-refractivity contribution in [3.05, 3.63) is 29.8 Å². The summed E-state index contributed by atoms with van der Waals surface area (Å²) in [6.45, 7) is 2.10. The van der Waals surface area contributed by atoms with Gasteiger partial charge in [-0.05, 0) is 31.4 Å². The van der Waals surface area contributed by atoms with E-state index >= 15 is 0 Å². The first-order valence-corrected chi connectivity index (χ1v) is 7.03. The van der Waals surface area contributed by atoms with Gasteiger partial charge in [0.2, 0.25) is 0 Å². The van der Waals surface area contributed by atoms with Crippen LogP contribution in [0.5, 0.6) is 0 Å². The van der Waals surface area contributed by atoms with Crippen molar-refractivity contribution in [1.29, 1.82) is 0 Å². The Morgan fingerprint density at radius 3 is 3.00 bits per heavy atom. The van der Waals surface area contributed by atoms with E-state index in [-0.39, 0.29) is 18.1 Å². The minimum atomic E-state index is -0.377. The van der Waals surface area contributed by atoms with Crippen LogP contribution in [0.2, 0.25) is 0 Å². The lowest BCUT2D eigenvalue weighted by Gasteiger charge is -2.13. The second-order valence-electron chi connectivity index (χ2n) is 4.41. The van der Waals surface area contributed by atoms with Crippen molar-refractivity contribution in [2.45, 2.75) is 36.9 Å².